The van der Waals surface area contributed by atoms with Crippen LogP contribution >= 0.6 is 15.9 Å². The number of fused-ring (bicyclic) bond motifs is 1. The first kappa shape index (κ1) is 29.8. The summed E-state index contributed by atoms with van der Waals surface area (Å²) in [5.41, 5.74) is -0.603. The van der Waals surface area contributed by atoms with Crippen molar-refractivity contribution in [2.75, 3.05) is 13.2 Å². The van der Waals surface area contributed by atoms with Crippen molar-refractivity contribution in [1.29, 1.82) is 0 Å². The molecule has 12 heteroatoms. The average Bonchev–Trinajstić information content (AvgIpc) is 2.91. The van der Waals surface area contributed by atoms with Gasteiger partial charge in [0.1, 0.15) is 0 Å². The average molecular weight is 632 g/mol. The van der Waals surface area contributed by atoms with Gasteiger partial charge in [0, 0.05) is 5.56 Å². The second-order valence-corrected chi connectivity index (χ2v) is 9.84. The van der Waals surface area contributed by atoms with E-state index in [1.54, 1.807) is 57.2 Å². The van der Waals surface area contributed by atoms with Gasteiger partial charge in [-0.25, -0.2) is 9.78 Å². The van der Waals surface area contributed by atoms with E-state index >= 15 is 0 Å². The van der Waals surface area contributed by atoms with Crippen LogP contribution in [0.4, 0.5) is 13.2 Å². The SMILES string of the molecule is CCOc1cc(C=Nn2c(-c3cccc(C(F)(F)F)c3)nc3ccccc3c2=O)cc(Br)c1OCC(=O)OC(C)C. The van der Waals surface area contributed by atoms with Gasteiger partial charge in [-0.3, -0.25) is 4.79 Å². The largest absolute Gasteiger partial charge is 0.490 e. The molecule has 8 nitrogen and oxygen atoms in total. The molecule has 3 aromatic carbocycles. The Morgan fingerprint density at radius 2 is 1.85 bits per heavy atom. The number of carbonyl (C=O) groups excluding carboxylic acids is 1. The molecule has 4 rings (SSSR count). The highest BCUT2D eigenvalue weighted by Gasteiger charge is 2.31. The van der Waals surface area contributed by atoms with E-state index in [9.17, 15) is 22.8 Å². The Hall–Kier alpha value is -4.19. The predicted molar refractivity (Wildman–Crippen MR) is 151 cm³/mol. The molecule has 0 saturated heterocycles. The molecule has 0 aliphatic heterocycles. The number of benzene rings is 3. The number of alkyl halides is 3. The summed E-state index contributed by atoms with van der Waals surface area (Å²) in [7, 11) is 0. The smallest absolute Gasteiger partial charge is 0.416 e. The van der Waals surface area contributed by atoms with Crippen LogP contribution in [-0.4, -0.2) is 41.2 Å². The van der Waals surface area contributed by atoms with Crippen LogP contribution in [0.5, 0.6) is 11.5 Å². The van der Waals surface area contributed by atoms with E-state index in [-0.39, 0.29) is 41.8 Å². The zero-order valence-electron chi connectivity index (χ0n) is 22.2. The lowest BCUT2D eigenvalue weighted by molar-refractivity contribution is -0.149. The van der Waals surface area contributed by atoms with Crippen LogP contribution in [-0.2, 0) is 15.7 Å². The predicted octanol–water partition coefficient (Wildman–Crippen LogP) is 6.46. The van der Waals surface area contributed by atoms with Crippen LogP contribution < -0.4 is 15.0 Å². The van der Waals surface area contributed by atoms with Gasteiger partial charge in [-0.2, -0.15) is 22.9 Å². The fourth-order valence-electron chi connectivity index (χ4n) is 3.87. The Balaban J connectivity index is 1.78. The van der Waals surface area contributed by atoms with Crippen molar-refractivity contribution in [1.82, 2.24) is 9.66 Å². The third-order valence-electron chi connectivity index (χ3n) is 5.56. The lowest BCUT2D eigenvalue weighted by Gasteiger charge is -2.15. The van der Waals surface area contributed by atoms with E-state index in [1.165, 1.54) is 18.3 Å². The Kier molecular flexibility index (Phi) is 9.11. The molecule has 0 saturated carbocycles. The van der Waals surface area contributed by atoms with Crippen LogP contribution in [0.1, 0.15) is 31.9 Å². The topological polar surface area (TPSA) is 92.0 Å². The van der Waals surface area contributed by atoms with E-state index < -0.39 is 23.3 Å². The molecule has 0 aliphatic rings. The Labute approximate surface area is 241 Å². The molecule has 0 aliphatic carbocycles. The van der Waals surface area contributed by atoms with Crippen molar-refractivity contribution < 1.29 is 32.2 Å². The maximum absolute atomic E-state index is 13.4. The van der Waals surface area contributed by atoms with Crippen molar-refractivity contribution in [3.63, 3.8) is 0 Å². The monoisotopic (exact) mass is 631 g/mol. The number of hydrogen-bond donors (Lipinski definition) is 0. The molecule has 0 N–H and O–H groups in total. The number of carbonyl (C=O) groups is 1. The second kappa shape index (κ2) is 12.5. The van der Waals surface area contributed by atoms with E-state index in [0.29, 0.717) is 21.3 Å². The quantitative estimate of drug-likeness (QED) is 0.156. The highest BCUT2D eigenvalue weighted by Crippen LogP contribution is 2.37. The zero-order valence-corrected chi connectivity index (χ0v) is 23.8. The minimum atomic E-state index is -4.58. The molecule has 0 fully saturated rings. The molecule has 214 valence electrons. The molecule has 0 radical (unpaired) electrons. The number of aromatic nitrogens is 2. The third-order valence-corrected chi connectivity index (χ3v) is 6.15. The van der Waals surface area contributed by atoms with Crippen LogP contribution in [0.25, 0.3) is 22.3 Å². The number of rotatable bonds is 9. The van der Waals surface area contributed by atoms with Gasteiger partial charge >= 0.3 is 12.1 Å². The number of para-hydroxylation sites is 1. The fraction of sp³-hybridized carbons (Fsp3) is 0.241. The molecule has 1 heterocycles. The second-order valence-electron chi connectivity index (χ2n) is 8.98. The molecule has 0 atom stereocenters. The van der Waals surface area contributed by atoms with Crippen molar-refractivity contribution in [2.45, 2.75) is 33.1 Å². The number of hydrogen-bond acceptors (Lipinski definition) is 7. The Bertz CT molecular complexity index is 1670. The molecule has 0 spiro atoms. The first-order valence-electron chi connectivity index (χ1n) is 12.5. The van der Waals surface area contributed by atoms with Crippen LogP contribution in [0.3, 0.4) is 0 Å². The highest BCUT2D eigenvalue weighted by atomic mass is 79.9. The number of ether oxygens (including phenoxy) is 3. The normalized spacial score (nSPS) is 11.8. The highest BCUT2D eigenvalue weighted by molar-refractivity contribution is 9.10. The number of nitrogens with zero attached hydrogens (tertiary/aromatic N) is 3. The van der Waals surface area contributed by atoms with Gasteiger partial charge in [0.25, 0.3) is 5.56 Å². The number of esters is 1. The Morgan fingerprint density at radius 1 is 1.10 bits per heavy atom. The van der Waals surface area contributed by atoms with Crippen LogP contribution in [0, 0.1) is 0 Å². The molecular formula is C29H25BrF3N3O5. The maximum atomic E-state index is 13.4. The first-order valence-corrected chi connectivity index (χ1v) is 13.3. The summed E-state index contributed by atoms with van der Waals surface area (Å²) in [5.74, 6) is -0.0595. The van der Waals surface area contributed by atoms with Gasteiger partial charge < -0.3 is 14.2 Å². The van der Waals surface area contributed by atoms with Crippen molar-refractivity contribution >= 4 is 39.0 Å². The molecule has 0 amide bonds. The summed E-state index contributed by atoms with van der Waals surface area (Å²) >= 11 is 3.41. The standard InChI is InChI=1S/C29H25BrF3N3O5/c1-4-39-24-13-18(12-22(30)26(24)40-16-25(37)41-17(2)3)15-34-36-27(19-8-7-9-20(14-19)29(31,32)33)35-23-11-6-5-10-21(23)28(36)38/h5-15,17H,4,16H2,1-3H3. The lowest BCUT2D eigenvalue weighted by Crippen LogP contribution is -2.20. The van der Waals surface area contributed by atoms with Crippen LogP contribution in [0.15, 0.2) is 75.0 Å². The third kappa shape index (κ3) is 7.12. The van der Waals surface area contributed by atoms with E-state index in [4.69, 9.17) is 14.2 Å². The van der Waals surface area contributed by atoms with E-state index in [1.807, 2.05) is 0 Å². The zero-order chi connectivity index (χ0) is 29.7. The number of halogens is 4. The summed E-state index contributed by atoms with van der Waals surface area (Å²) in [5, 5.41) is 4.56. The molecule has 0 unspecified atom stereocenters. The Morgan fingerprint density at radius 3 is 2.56 bits per heavy atom. The summed E-state index contributed by atoms with van der Waals surface area (Å²) in [6.45, 7) is 5.16. The maximum Gasteiger partial charge on any atom is 0.416 e. The summed E-state index contributed by atoms with van der Waals surface area (Å²) in [6.07, 6.45) is -3.54. The van der Waals surface area contributed by atoms with E-state index in [0.717, 1.165) is 16.8 Å². The van der Waals surface area contributed by atoms with Crippen molar-refractivity contribution in [3.05, 3.63) is 86.6 Å². The molecule has 1 aromatic heterocycles. The summed E-state index contributed by atoms with van der Waals surface area (Å²) < 4.78 is 58.1. The van der Waals surface area contributed by atoms with Crippen molar-refractivity contribution in [3.8, 4) is 22.9 Å². The van der Waals surface area contributed by atoms with Gasteiger partial charge in [-0.15, -0.1) is 0 Å². The lowest BCUT2D eigenvalue weighted by atomic mass is 10.1. The van der Waals surface area contributed by atoms with Gasteiger partial charge in [0.2, 0.25) is 0 Å². The van der Waals surface area contributed by atoms with E-state index in [2.05, 4.69) is 26.0 Å². The molecular weight excluding hydrogens is 607 g/mol. The summed E-state index contributed by atoms with van der Waals surface area (Å²) in [6, 6.07) is 14.2. The molecule has 4 aromatic rings. The summed E-state index contributed by atoms with van der Waals surface area (Å²) in [4.78, 5) is 29.9. The van der Waals surface area contributed by atoms with Crippen molar-refractivity contribution in [2.24, 2.45) is 5.10 Å². The molecule has 41 heavy (non-hydrogen) atoms. The van der Waals surface area contributed by atoms with Gasteiger partial charge in [0.05, 0.1) is 39.9 Å². The minimum Gasteiger partial charge on any atom is -0.490 e. The van der Waals surface area contributed by atoms with Gasteiger partial charge in [-0.05, 0) is 78.7 Å². The van der Waals surface area contributed by atoms with Crippen LogP contribution in [0.2, 0.25) is 0 Å². The molecule has 0 bridgehead atoms. The fourth-order valence-corrected chi connectivity index (χ4v) is 4.44. The first-order chi connectivity index (χ1) is 19.5. The minimum absolute atomic E-state index is 0.0630. The van der Waals surface area contributed by atoms with Gasteiger partial charge in [0.15, 0.2) is 23.9 Å². The van der Waals surface area contributed by atoms with Gasteiger partial charge in [-0.1, -0.05) is 24.3 Å².